The van der Waals surface area contributed by atoms with E-state index in [4.69, 9.17) is 0 Å². The van der Waals surface area contributed by atoms with Gasteiger partial charge in [0.25, 0.3) is 0 Å². The van der Waals surface area contributed by atoms with Crippen LogP contribution >= 0.6 is 0 Å². The van der Waals surface area contributed by atoms with Crippen molar-refractivity contribution in [2.75, 3.05) is 0 Å². The first-order valence-corrected chi connectivity index (χ1v) is 4.86. The Morgan fingerprint density at radius 2 is 1.76 bits per heavy atom. The number of rotatable bonds is 1. The van der Waals surface area contributed by atoms with E-state index in [-0.39, 0.29) is 0 Å². The topological polar surface area (TPSA) is 43.1 Å². The quantitative estimate of drug-likeness (QED) is 0.645. The summed E-state index contributed by atoms with van der Waals surface area (Å²) in [7, 11) is 0. The van der Waals surface area contributed by atoms with E-state index in [1.807, 2.05) is 0 Å². The Balaban J connectivity index is 2.19. The van der Waals surface area contributed by atoms with Gasteiger partial charge >= 0.3 is 0 Å². The van der Waals surface area contributed by atoms with Gasteiger partial charge in [0.2, 0.25) is 0 Å². The molecule has 0 radical (unpaired) electrons. The van der Waals surface area contributed by atoms with E-state index in [2.05, 4.69) is 15.3 Å². The van der Waals surface area contributed by atoms with E-state index in [9.17, 15) is 8.78 Å². The third-order valence-corrected chi connectivity index (χ3v) is 2.32. The van der Waals surface area contributed by atoms with Gasteiger partial charge in [-0.15, -0.1) is 10.2 Å². The van der Waals surface area contributed by atoms with Crippen LogP contribution in [0.4, 0.5) is 8.78 Å². The highest BCUT2D eigenvalue weighted by atomic mass is 19.1. The Kier molecular flexibility index (Phi) is 2.07. The van der Waals surface area contributed by atoms with Gasteiger partial charge in [-0.3, -0.25) is 0 Å². The number of hydrogen-bond donors (Lipinski definition) is 0. The molecule has 3 aromatic rings. The molecule has 0 unspecified atom stereocenters. The van der Waals surface area contributed by atoms with Crippen LogP contribution in [0, 0.1) is 11.6 Å². The summed E-state index contributed by atoms with van der Waals surface area (Å²) in [6.07, 6.45) is 1.43. The lowest BCUT2D eigenvalue weighted by atomic mass is 10.1. The minimum atomic E-state index is -0.634. The lowest BCUT2D eigenvalue weighted by molar-refractivity contribution is 0.584. The van der Waals surface area contributed by atoms with Crippen LogP contribution in [0.1, 0.15) is 0 Å². The summed E-state index contributed by atoms with van der Waals surface area (Å²) < 4.78 is 27.6. The second-order valence-corrected chi connectivity index (χ2v) is 3.51. The molecule has 0 atom stereocenters. The van der Waals surface area contributed by atoms with Crippen LogP contribution in [-0.2, 0) is 0 Å². The van der Waals surface area contributed by atoms with Gasteiger partial charge in [-0.05, 0) is 24.3 Å². The molecule has 4 nitrogen and oxygen atoms in total. The van der Waals surface area contributed by atoms with Crippen molar-refractivity contribution in [1.29, 1.82) is 0 Å². The van der Waals surface area contributed by atoms with Crippen LogP contribution in [0.25, 0.3) is 16.9 Å². The summed E-state index contributed by atoms with van der Waals surface area (Å²) in [5.41, 5.74) is 1.40. The van der Waals surface area contributed by atoms with Gasteiger partial charge in [0.05, 0.1) is 5.69 Å². The van der Waals surface area contributed by atoms with Gasteiger partial charge in [-0.1, -0.05) is 0 Å². The molecule has 0 saturated carbocycles. The molecule has 0 spiro atoms. The van der Waals surface area contributed by atoms with E-state index in [1.165, 1.54) is 23.0 Å². The molecule has 3 rings (SSSR count). The molecule has 2 aromatic heterocycles. The number of nitrogens with zero attached hydrogens (tertiary/aromatic N) is 4. The van der Waals surface area contributed by atoms with Crippen molar-refractivity contribution in [3.63, 3.8) is 0 Å². The normalized spacial score (nSPS) is 10.9. The standard InChI is InChI=1S/C11H6F2N4/c12-8-3-7(4-9(13)5-8)10-1-2-11-15-14-6-17(11)16-10/h1-6H. The number of aromatic nitrogens is 4. The smallest absolute Gasteiger partial charge is 0.177 e. The fraction of sp³-hybridized carbons (Fsp3) is 0. The lowest BCUT2D eigenvalue weighted by Crippen LogP contribution is -1.94. The molecule has 1 aromatic carbocycles. The van der Waals surface area contributed by atoms with Crippen molar-refractivity contribution in [3.05, 3.63) is 48.3 Å². The Morgan fingerprint density at radius 1 is 1.00 bits per heavy atom. The molecule has 6 heteroatoms. The molecule has 0 aliphatic rings. The van der Waals surface area contributed by atoms with Crippen LogP contribution < -0.4 is 0 Å². The van der Waals surface area contributed by atoms with Crippen molar-refractivity contribution in [3.8, 4) is 11.3 Å². The van der Waals surface area contributed by atoms with Crippen molar-refractivity contribution in [2.45, 2.75) is 0 Å². The zero-order chi connectivity index (χ0) is 11.8. The van der Waals surface area contributed by atoms with Gasteiger partial charge in [0.15, 0.2) is 5.65 Å². The molecule has 0 amide bonds. The van der Waals surface area contributed by atoms with E-state index in [0.29, 0.717) is 16.9 Å². The number of hydrogen-bond acceptors (Lipinski definition) is 3. The van der Waals surface area contributed by atoms with Gasteiger partial charge in [-0.25, -0.2) is 8.78 Å². The van der Waals surface area contributed by atoms with Crippen molar-refractivity contribution >= 4 is 5.65 Å². The van der Waals surface area contributed by atoms with E-state index >= 15 is 0 Å². The summed E-state index contributed by atoms with van der Waals surface area (Å²) in [5.74, 6) is -1.27. The summed E-state index contributed by atoms with van der Waals surface area (Å²) >= 11 is 0. The first kappa shape index (κ1) is 9.83. The van der Waals surface area contributed by atoms with Crippen molar-refractivity contribution in [2.24, 2.45) is 0 Å². The fourth-order valence-corrected chi connectivity index (χ4v) is 1.58. The van der Waals surface area contributed by atoms with Crippen LogP contribution in [0.5, 0.6) is 0 Å². The van der Waals surface area contributed by atoms with Crippen LogP contribution in [0.15, 0.2) is 36.7 Å². The third-order valence-electron chi connectivity index (χ3n) is 2.32. The SMILES string of the molecule is Fc1cc(F)cc(-c2ccc3nncn3n2)c1. The molecular formula is C11H6F2N4. The maximum Gasteiger partial charge on any atom is 0.177 e. The number of benzene rings is 1. The molecule has 0 N–H and O–H groups in total. The minimum Gasteiger partial charge on any atom is -0.207 e. The van der Waals surface area contributed by atoms with E-state index < -0.39 is 11.6 Å². The maximum atomic E-state index is 13.1. The summed E-state index contributed by atoms with van der Waals surface area (Å²) in [5, 5.41) is 11.6. The highest BCUT2D eigenvalue weighted by Crippen LogP contribution is 2.19. The van der Waals surface area contributed by atoms with Crippen LogP contribution in [0.2, 0.25) is 0 Å². The lowest BCUT2D eigenvalue weighted by Gasteiger charge is -2.01. The van der Waals surface area contributed by atoms with E-state index in [1.54, 1.807) is 12.1 Å². The Labute approximate surface area is 94.5 Å². The van der Waals surface area contributed by atoms with Crippen LogP contribution in [-0.4, -0.2) is 19.8 Å². The van der Waals surface area contributed by atoms with Gasteiger partial charge in [0.1, 0.15) is 18.0 Å². The fourth-order valence-electron chi connectivity index (χ4n) is 1.58. The summed E-state index contributed by atoms with van der Waals surface area (Å²) in [4.78, 5) is 0. The highest BCUT2D eigenvalue weighted by Gasteiger charge is 2.06. The second-order valence-electron chi connectivity index (χ2n) is 3.51. The third kappa shape index (κ3) is 1.73. The molecule has 0 fully saturated rings. The highest BCUT2D eigenvalue weighted by molar-refractivity contribution is 5.60. The van der Waals surface area contributed by atoms with Crippen molar-refractivity contribution in [1.82, 2.24) is 19.8 Å². The number of fused-ring (bicyclic) bond motifs is 1. The molecule has 0 aliphatic heterocycles. The van der Waals surface area contributed by atoms with Gasteiger partial charge in [0, 0.05) is 11.6 Å². The predicted octanol–water partition coefficient (Wildman–Crippen LogP) is 2.07. The maximum absolute atomic E-state index is 13.1. The molecule has 0 aliphatic carbocycles. The first-order chi connectivity index (χ1) is 8.22. The average Bonchev–Trinajstić information content (AvgIpc) is 2.74. The first-order valence-electron chi connectivity index (χ1n) is 4.86. The Morgan fingerprint density at radius 3 is 2.53 bits per heavy atom. The number of halogens is 2. The molecule has 2 heterocycles. The Bertz CT molecular complexity index is 673. The summed E-state index contributed by atoms with van der Waals surface area (Å²) in [6, 6.07) is 6.58. The average molecular weight is 232 g/mol. The van der Waals surface area contributed by atoms with Gasteiger partial charge < -0.3 is 0 Å². The summed E-state index contributed by atoms with van der Waals surface area (Å²) in [6.45, 7) is 0. The van der Waals surface area contributed by atoms with Crippen LogP contribution in [0.3, 0.4) is 0 Å². The molecule has 0 saturated heterocycles. The second kappa shape index (κ2) is 3.58. The molecule has 0 bridgehead atoms. The Hall–Kier alpha value is -2.37. The molecular weight excluding hydrogens is 226 g/mol. The largest absolute Gasteiger partial charge is 0.207 e. The monoisotopic (exact) mass is 232 g/mol. The van der Waals surface area contributed by atoms with Gasteiger partial charge in [-0.2, -0.15) is 9.61 Å². The molecule has 17 heavy (non-hydrogen) atoms. The van der Waals surface area contributed by atoms with Crippen molar-refractivity contribution < 1.29 is 8.78 Å². The van der Waals surface area contributed by atoms with E-state index in [0.717, 1.165) is 6.07 Å². The molecule has 84 valence electrons. The zero-order valence-electron chi connectivity index (χ0n) is 8.51. The minimum absolute atomic E-state index is 0.373. The zero-order valence-corrected chi connectivity index (χ0v) is 8.51. The predicted molar refractivity (Wildman–Crippen MR) is 56.1 cm³/mol.